The number of furan rings is 1. The van der Waals surface area contributed by atoms with E-state index in [4.69, 9.17) is 4.42 Å². The molecular formula is C17H16BrN3O4S2. The van der Waals surface area contributed by atoms with E-state index >= 15 is 0 Å². The van der Waals surface area contributed by atoms with Gasteiger partial charge in [0.25, 0.3) is 5.91 Å². The van der Waals surface area contributed by atoms with Crippen molar-refractivity contribution >= 4 is 58.4 Å². The van der Waals surface area contributed by atoms with Gasteiger partial charge in [-0.25, -0.2) is 13.4 Å². The van der Waals surface area contributed by atoms with Gasteiger partial charge in [0.2, 0.25) is 0 Å². The van der Waals surface area contributed by atoms with Crippen molar-refractivity contribution in [3.63, 3.8) is 0 Å². The van der Waals surface area contributed by atoms with Gasteiger partial charge in [-0.2, -0.15) is 0 Å². The fourth-order valence-electron chi connectivity index (χ4n) is 3.03. The van der Waals surface area contributed by atoms with Crippen LogP contribution >= 0.6 is 27.3 Å². The summed E-state index contributed by atoms with van der Waals surface area (Å²) in [6, 6.07) is 8.54. The summed E-state index contributed by atoms with van der Waals surface area (Å²) in [5.74, 6) is 0.178. The van der Waals surface area contributed by atoms with E-state index in [9.17, 15) is 13.2 Å². The summed E-state index contributed by atoms with van der Waals surface area (Å²) in [6.07, 6.45) is 1.19. The summed E-state index contributed by atoms with van der Waals surface area (Å²) in [4.78, 5) is 21.1. The third-order valence-corrected chi connectivity index (χ3v) is 7.03. The first-order valence-corrected chi connectivity index (χ1v) is 11.7. The summed E-state index contributed by atoms with van der Waals surface area (Å²) in [7, 11) is -3.34. The van der Waals surface area contributed by atoms with Crippen LogP contribution in [0.25, 0.3) is 10.2 Å². The predicted octanol–water partition coefficient (Wildman–Crippen LogP) is 3.02. The Labute approximate surface area is 168 Å². The number of hydrogen-bond donors (Lipinski definition) is 0. The van der Waals surface area contributed by atoms with Gasteiger partial charge in [-0.05, 0) is 40.2 Å². The zero-order chi connectivity index (χ0) is 19.2. The maximum atomic E-state index is 12.5. The quantitative estimate of drug-likeness (QED) is 0.585. The monoisotopic (exact) mass is 469 g/mol. The number of para-hydroxylation sites is 1. The minimum atomic E-state index is -3.34. The molecule has 0 aliphatic carbocycles. The number of hydrogen-bond acceptors (Lipinski definition) is 7. The van der Waals surface area contributed by atoms with Gasteiger partial charge < -0.3 is 14.2 Å². The highest BCUT2D eigenvalue weighted by molar-refractivity contribution is 9.10. The van der Waals surface area contributed by atoms with Crippen molar-refractivity contribution in [1.29, 1.82) is 0 Å². The number of thiazole rings is 1. The van der Waals surface area contributed by atoms with Gasteiger partial charge in [-0.1, -0.05) is 17.4 Å². The van der Waals surface area contributed by atoms with Crippen LogP contribution in [-0.4, -0.2) is 56.6 Å². The Bertz CT molecular complexity index is 1110. The molecule has 1 aliphatic heterocycles. The van der Waals surface area contributed by atoms with E-state index in [2.05, 4.69) is 25.8 Å². The molecule has 0 bridgehead atoms. The number of aromatic nitrogens is 1. The van der Waals surface area contributed by atoms with Crippen LogP contribution in [0.4, 0.5) is 5.13 Å². The molecule has 1 aromatic carbocycles. The zero-order valence-corrected chi connectivity index (χ0v) is 17.6. The van der Waals surface area contributed by atoms with E-state index < -0.39 is 9.84 Å². The van der Waals surface area contributed by atoms with E-state index in [1.807, 2.05) is 6.07 Å². The second kappa shape index (κ2) is 6.92. The number of amides is 1. The molecule has 142 valence electrons. The number of carbonyl (C=O) groups is 1. The number of sulfone groups is 1. The average Bonchev–Trinajstić information content (AvgIpc) is 3.26. The fourth-order valence-corrected chi connectivity index (χ4v) is 5.28. The van der Waals surface area contributed by atoms with Gasteiger partial charge in [0, 0.05) is 32.4 Å². The fraction of sp³-hybridized carbons (Fsp3) is 0.294. The molecule has 0 saturated carbocycles. The normalized spacial score (nSPS) is 15.5. The highest BCUT2D eigenvalue weighted by Crippen LogP contribution is 2.33. The van der Waals surface area contributed by atoms with Crippen LogP contribution in [0, 0.1) is 0 Å². The molecule has 0 radical (unpaired) electrons. The van der Waals surface area contributed by atoms with Crippen molar-refractivity contribution < 1.29 is 17.6 Å². The van der Waals surface area contributed by atoms with E-state index in [1.54, 1.807) is 29.2 Å². The third kappa shape index (κ3) is 3.61. The summed E-state index contributed by atoms with van der Waals surface area (Å²) in [5, 5.41) is 0.772. The standard InChI is InChI=1S/C17H16BrN3O4S2/c1-27(23,24)13-4-2-3-12-15(13)19-17(26-12)21-9-7-20(8-10-21)16(22)11-5-6-14(18)25-11/h2-6H,7-10H2,1H3. The number of carbonyl (C=O) groups excluding carboxylic acids is 1. The molecule has 27 heavy (non-hydrogen) atoms. The lowest BCUT2D eigenvalue weighted by molar-refractivity contribution is 0.0713. The molecule has 4 rings (SSSR count). The molecular weight excluding hydrogens is 454 g/mol. The molecule has 0 spiro atoms. The first-order valence-electron chi connectivity index (χ1n) is 8.22. The summed E-state index contributed by atoms with van der Waals surface area (Å²) in [6.45, 7) is 2.35. The van der Waals surface area contributed by atoms with E-state index in [0.29, 0.717) is 42.1 Å². The first kappa shape index (κ1) is 18.5. The molecule has 2 aromatic heterocycles. The molecule has 1 fully saturated rings. The lowest BCUT2D eigenvalue weighted by atomic mass is 10.3. The minimum absolute atomic E-state index is 0.135. The van der Waals surface area contributed by atoms with Crippen molar-refractivity contribution in [2.45, 2.75) is 4.90 Å². The van der Waals surface area contributed by atoms with E-state index in [-0.39, 0.29) is 10.8 Å². The summed E-state index contributed by atoms with van der Waals surface area (Å²) < 4.78 is 30.7. The van der Waals surface area contributed by atoms with Gasteiger partial charge in [0.05, 0.1) is 9.60 Å². The van der Waals surface area contributed by atoms with Gasteiger partial charge >= 0.3 is 0 Å². The number of benzene rings is 1. The lowest BCUT2D eigenvalue weighted by Crippen LogP contribution is -2.48. The molecule has 1 amide bonds. The number of piperazine rings is 1. The van der Waals surface area contributed by atoms with Crippen molar-refractivity contribution in [1.82, 2.24) is 9.88 Å². The van der Waals surface area contributed by atoms with Gasteiger partial charge in [0.15, 0.2) is 25.4 Å². The second-order valence-corrected chi connectivity index (χ2v) is 10.0. The Kier molecular flexibility index (Phi) is 4.73. The number of fused-ring (bicyclic) bond motifs is 1. The Morgan fingerprint density at radius 3 is 2.56 bits per heavy atom. The molecule has 10 heteroatoms. The molecule has 1 saturated heterocycles. The number of rotatable bonds is 3. The number of anilines is 1. The van der Waals surface area contributed by atoms with Crippen LogP contribution in [0.15, 0.2) is 44.3 Å². The van der Waals surface area contributed by atoms with Gasteiger partial charge in [-0.3, -0.25) is 4.79 Å². The maximum absolute atomic E-state index is 12.5. The molecule has 3 aromatic rings. The smallest absolute Gasteiger partial charge is 0.289 e. The van der Waals surface area contributed by atoms with Crippen molar-refractivity contribution in [3.8, 4) is 0 Å². The molecule has 1 aliphatic rings. The van der Waals surface area contributed by atoms with Crippen molar-refractivity contribution in [2.75, 3.05) is 37.3 Å². The predicted molar refractivity (Wildman–Crippen MR) is 107 cm³/mol. The van der Waals surface area contributed by atoms with Crippen LogP contribution in [0.5, 0.6) is 0 Å². The van der Waals surface area contributed by atoms with Gasteiger partial charge in [0.1, 0.15) is 5.52 Å². The first-order chi connectivity index (χ1) is 12.8. The summed E-state index contributed by atoms with van der Waals surface area (Å²) >= 11 is 4.67. The molecule has 0 unspecified atom stereocenters. The maximum Gasteiger partial charge on any atom is 0.289 e. The largest absolute Gasteiger partial charge is 0.444 e. The third-order valence-electron chi connectivity index (χ3n) is 4.39. The SMILES string of the molecule is CS(=O)(=O)c1cccc2sc(N3CCN(C(=O)c4ccc(Br)o4)CC3)nc12. The van der Waals surface area contributed by atoms with Crippen molar-refractivity contribution in [3.05, 3.63) is 40.8 Å². The Hall–Kier alpha value is -1.91. The summed E-state index contributed by atoms with van der Waals surface area (Å²) in [5.41, 5.74) is 0.513. The Morgan fingerprint density at radius 2 is 1.93 bits per heavy atom. The van der Waals surface area contributed by atoms with Crippen LogP contribution < -0.4 is 4.90 Å². The highest BCUT2D eigenvalue weighted by Gasteiger charge is 2.26. The second-order valence-electron chi connectivity index (χ2n) is 6.25. The van der Waals surface area contributed by atoms with Crippen LogP contribution in [0.1, 0.15) is 10.6 Å². The molecule has 0 N–H and O–H groups in total. The van der Waals surface area contributed by atoms with E-state index in [0.717, 1.165) is 9.83 Å². The van der Waals surface area contributed by atoms with Crippen LogP contribution in [0.2, 0.25) is 0 Å². The number of halogens is 1. The molecule has 0 atom stereocenters. The Morgan fingerprint density at radius 1 is 1.19 bits per heavy atom. The van der Waals surface area contributed by atoms with E-state index in [1.165, 1.54) is 17.6 Å². The topological polar surface area (TPSA) is 83.7 Å². The minimum Gasteiger partial charge on any atom is -0.444 e. The number of nitrogens with zero attached hydrogens (tertiary/aromatic N) is 3. The zero-order valence-electron chi connectivity index (χ0n) is 14.4. The van der Waals surface area contributed by atoms with Crippen LogP contribution in [0.3, 0.4) is 0 Å². The van der Waals surface area contributed by atoms with Crippen LogP contribution in [-0.2, 0) is 9.84 Å². The Balaban J connectivity index is 1.52. The van der Waals surface area contributed by atoms with Crippen molar-refractivity contribution in [2.24, 2.45) is 0 Å². The average molecular weight is 470 g/mol. The lowest BCUT2D eigenvalue weighted by Gasteiger charge is -2.34. The highest BCUT2D eigenvalue weighted by atomic mass is 79.9. The molecule has 7 nitrogen and oxygen atoms in total. The van der Waals surface area contributed by atoms with Gasteiger partial charge in [-0.15, -0.1) is 0 Å². The molecule has 3 heterocycles.